The van der Waals surface area contributed by atoms with Gasteiger partial charge in [0.2, 0.25) is 0 Å². The van der Waals surface area contributed by atoms with Crippen LogP contribution in [0, 0.1) is 0 Å². The third-order valence-electron chi connectivity index (χ3n) is 3.47. The number of hydrogen-bond donors (Lipinski definition) is 3. The van der Waals surface area contributed by atoms with Crippen LogP contribution in [0.5, 0.6) is 0 Å². The van der Waals surface area contributed by atoms with Gasteiger partial charge in [0.15, 0.2) is 5.13 Å². The Balaban J connectivity index is 1.69. The topological polar surface area (TPSA) is 85.9 Å². The van der Waals surface area contributed by atoms with Crippen molar-refractivity contribution < 1.29 is 4.79 Å². The van der Waals surface area contributed by atoms with Gasteiger partial charge in [-0.2, -0.15) is 0 Å². The fraction of sp³-hybridized carbons (Fsp3) is 0.312. The molecule has 0 aliphatic rings. The maximum atomic E-state index is 12.0. The highest BCUT2D eigenvalue weighted by molar-refractivity contribution is 7.14. The second-order valence-electron chi connectivity index (χ2n) is 5.90. The van der Waals surface area contributed by atoms with Gasteiger partial charge in [0.25, 0.3) is 0 Å². The summed E-state index contributed by atoms with van der Waals surface area (Å²) in [4.78, 5) is 26.0. The van der Waals surface area contributed by atoms with E-state index >= 15 is 0 Å². The molecule has 24 heavy (non-hydrogen) atoms. The molecule has 3 aromatic heterocycles. The van der Waals surface area contributed by atoms with Crippen molar-refractivity contribution in [1.29, 1.82) is 0 Å². The first-order valence-electron chi connectivity index (χ1n) is 7.63. The summed E-state index contributed by atoms with van der Waals surface area (Å²) in [7, 11) is 3.94. The molecule has 1 unspecified atom stereocenters. The normalized spacial score (nSPS) is 12.5. The molecule has 0 aliphatic heterocycles. The van der Waals surface area contributed by atoms with E-state index in [1.54, 1.807) is 6.20 Å². The largest absolute Gasteiger partial charge is 0.345 e. The number of urea groups is 1. The minimum atomic E-state index is -0.245. The zero-order valence-electron chi connectivity index (χ0n) is 13.8. The number of aromatic amines is 1. The average Bonchev–Trinajstić information content (AvgIpc) is 3.12. The standard InChI is InChI=1S/C16H20N6OS/c1-10(8-22(2)3)19-15(23)21-16-20-13(9-24-16)12-7-18-14-11(12)5-4-6-17-14/h4-7,9-10H,8H2,1-3H3,(H,17,18)(H2,19,20,21,23). The zero-order chi connectivity index (χ0) is 17.1. The van der Waals surface area contributed by atoms with E-state index in [4.69, 9.17) is 0 Å². The molecule has 8 heteroatoms. The van der Waals surface area contributed by atoms with Gasteiger partial charge in [-0.05, 0) is 33.2 Å². The van der Waals surface area contributed by atoms with Gasteiger partial charge in [-0.1, -0.05) is 0 Å². The van der Waals surface area contributed by atoms with Crippen molar-refractivity contribution in [2.24, 2.45) is 0 Å². The van der Waals surface area contributed by atoms with Gasteiger partial charge in [-0.25, -0.2) is 14.8 Å². The Morgan fingerprint density at radius 1 is 1.46 bits per heavy atom. The Morgan fingerprint density at radius 3 is 3.08 bits per heavy atom. The summed E-state index contributed by atoms with van der Waals surface area (Å²) in [5.74, 6) is 0. The molecular formula is C16H20N6OS. The van der Waals surface area contributed by atoms with Crippen LogP contribution in [0.25, 0.3) is 22.3 Å². The van der Waals surface area contributed by atoms with E-state index in [-0.39, 0.29) is 12.1 Å². The van der Waals surface area contributed by atoms with Gasteiger partial charge >= 0.3 is 6.03 Å². The summed E-state index contributed by atoms with van der Waals surface area (Å²) in [6.45, 7) is 2.74. The fourth-order valence-electron chi connectivity index (χ4n) is 2.57. The molecule has 126 valence electrons. The summed E-state index contributed by atoms with van der Waals surface area (Å²) < 4.78 is 0. The second-order valence-corrected chi connectivity index (χ2v) is 6.76. The molecule has 0 saturated carbocycles. The summed E-state index contributed by atoms with van der Waals surface area (Å²) in [5, 5.41) is 9.19. The number of rotatable bonds is 5. The predicted octanol–water partition coefficient (Wildman–Crippen LogP) is 2.76. The lowest BCUT2D eigenvalue weighted by Gasteiger charge is -2.18. The van der Waals surface area contributed by atoms with Crippen molar-refractivity contribution in [3.05, 3.63) is 29.9 Å². The Kier molecular flexibility index (Phi) is 4.77. The molecule has 3 heterocycles. The SMILES string of the molecule is CC(CN(C)C)NC(=O)Nc1nc(-c2c[nH]c3ncccc23)cs1. The molecule has 0 bridgehead atoms. The lowest BCUT2D eigenvalue weighted by atomic mass is 10.2. The van der Waals surface area contributed by atoms with Crippen molar-refractivity contribution >= 4 is 33.5 Å². The van der Waals surface area contributed by atoms with Crippen molar-refractivity contribution in [1.82, 2.24) is 25.2 Å². The Labute approximate surface area is 144 Å². The van der Waals surface area contributed by atoms with E-state index < -0.39 is 0 Å². The number of carbonyl (C=O) groups excluding carboxylic acids is 1. The molecule has 3 rings (SSSR count). The Hall–Kier alpha value is -2.45. The molecule has 0 aromatic carbocycles. The predicted molar refractivity (Wildman–Crippen MR) is 97.4 cm³/mol. The van der Waals surface area contributed by atoms with Gasteiger partial charge in [-0.15, -0.1) is 11.3 Å². The number of nitrogens with zero attached hydrogens (tertiary/aromatic N) is 3. The minimum Gasteiger partial charge on any atom is -0.345 e. The molecule has 0 spiro atoms. The first-order valence-corrected chi connectivity index (χ1v) is 8.51. The smallest absolute Gasteiger partial charge is 0.321 e. The number of nitrogens with one attached hydrogen (secondary N) is 3. The summed E-state index contributed by atoms with van der Waals surface area (Å²) >= 11 is 1.40. The van der Waals surface area contributed by atoms with Crippen LogP contribution < -0.4 is 10.6 Å². The number of hydrogen-bond acceptors (Lipinski definition) is 5. The van der Waals surface area contributed by atoms with E-state index in [1.165, 1.54) is 11.3 Å². The summed E-state index contributed by atoms with van der Waals surface area (Å²) in [5.41, 5.74) is 2.62. The van der Waals surface area contributed by atoms with Crippen LogP contribution in [-0.2, 0) is 0 Å². The highest BCUT2D eigenvalue weighted by Gasteiger charge is 2.13. The average molecular weight is 344 g/mol. The number of fused-ring (bicyclic) bond motifs is 1. The molecule has 0 radical (unpaired) electrons. The lowest BCUT2D eigenvalue weighted by molar-refractivity contribution is 0.245. The fourth-order valence-corrected chi connectivity index (χ4v) is 3.28. The minimum absolute atomic E-state index is 0.0547. The number of aromatic nitrogens is 3. The quantitative estimate of drug-likeness (QED) is 0.664. The Bertz CT molecular complexity index is 840. The van der Waals surface area contributed by atoms with Crippen molar-refractivity contribution in [2.75, 3.05) is 26.0 Å². The summed E-state index contributed by atoms with van der Waals surface area (Å²) in [6, 6.07) is 3.70. The monoisotopic (exact) mass is 344 g/mol. The third-order valence-corrected chi connectivity index (χ3v) is 4.23. The first-order chi connectivity index (χ1) is 11.5. The number of amides is 2. The lowest BCUT2D eigenvalue weighted by Crippen LogP contribution is -2.41. The number of H-pyrrole nitrogens is 1. The summed E-state index contributed by atoms with van der Waals surface area (Å²) in [6.07, 6.45) is 3.63. The van der Waals surface area contributed by atoms with Gasteiger partial charge in [0.05, 0.1) is 5.69 Å². The molecule has 3 aromatic rings. The zero-order valence-corrected chi connectivity index (χ0v) is 14.6. The molecule has 1 atom stereocenters. The van der Waals surface area contributed by atoms with Crippen LogP contribution in [0.2, 0.25) is 0 Å². The molecule has 2 amide bonds. The van der Waals surface area contributed by atoms with Crippen LogP contribution in [0.4, 0.5) is 9.93 Å². The number of pyridine rings is 1. The molecule has 7 nitrogen and oxygen atoms in total. The van der Waals surface area contributed by atoms with Crippen molar-refractivity contribution in [2.45, 2.75) is 13.0 Å². The molecule has 0 aliphatic carbocycles. The van der Waals surface area contributed by atoms with Gasteiger partial charge in [0.1, 0.15) is 5.65 Å². The highest BCUT2D eigenvalue weighted by atomic mass is 32.1. The van der Waals surface area contributed by atoms with Gasteiger partial charge in [0, 0.05) is 41.3 Å². The first kappa shape index (κ1) is 16.4. The second kappa shape index (κ2) is 6.98. The van der Waals surface area contributed by atoms with Gasteiger partial charge < -0.3 is 15.2 Å². The van der Waals surface area contributed by atoms with Crippen molar-refractivity contribution in [3.63, 3.8) is 0 Å². The maximum Gasteiger partial charge on any atom is 0.321 e. The number of thiazole rings is 1. The maximum absolute atomic E-state index is 12.0. The third kappa shape index (κ3) is 3.72. The molecular weight excluding hydrogens is 324 g/mol. The van der Waals surface area contributed by atoms with Crippen LogP contribution in [0.15, 0.2) is 29.9 Å². The van der Waals surface area contributed by atoms with E-state index in [1.807, 2.05) is 49.6 Å². The van der Waals surface area contributed by atoms with E-state index in [0.29, 0.717) is 5.13 Å². The van der Waals surface area contributed by atoms with Gasteiger partial charge in [-0.3, -0.25) is 5.32 Å². The molecule has 0 saturated heterocycles. The van der Waals surface area contributed by atoms with Crippen LogP contribution in [0.3, 0.4) is 0 Å². The van der Waals surface area contributed by atoms with E-state index in [0.717, 1.165) is 28.8 Å². The number of carbonyl (C=O) groups is 1. The van der Waals surface area contributed by atoms with Crippen LogP contribution >= 0.6 is 11.3 Å². The highest BCUT2D eigenvalue weighted by Crippen LogP contribution is 2.30. The van der Waals surface area contributed by atoms with Crippen molar-refractivity contribution in [3.8, 4) is 11.3 Å². The van der Waals surface area contributed by atoms with E-state index in [2.05, 4.69) is 25.6 Å². The van der Waals surface area contributed by atoms with E-state index in [9.17, 15) is 4.79 Å². The van der Waals surface area contributed by atoms with Crippen LogP contribution in [0.1, 0.15) is 6.92 Å². The number of likely N-dealkylation sites (N-methyl/N-ethyl adjacent to an activating group) is 1. The Morgan fingerprint density at radius 2 is 2.29 bits per heavy atom. The molecule has 0 fully saturated rings. The molecule has 3 N–H and O–H groups in total. The van der Waals surface area contributed by atoms with Crippen LogP contribution in [-0.4, -0.2) is 52.6 Å². The number of anilines is 1.